The Hall–Kier alpha value is -3.65. The normalized spacial score (nSPS) is 14.4. The molecule has 0 unspecified atom stereocenters. The van der Waals surface area contributed by atoms with Crippen LogP contribution in [-0.2, 0) is 19.6 Å². The molecule has 40 heavy (non-hydrogen) atoms. The van der Waals surface area contributed by atoms with Crippen LogP contribution in [0.4, 0.5) is 14.5 Å². The van der Waals surface area contributed by atoms with Gasteiger partial charge in [-0.25, -0.2) is 22.2 Å². The number of fused-ring (bicyclic) bond motifs is 1. The number of nitrogens with one attached hydrogen (secondary N) is 1. The third-order valence-corrected chi connectivity index (χ3v) is 9.10. The Morgan fingerprint density at radius 1 is 1.07 bits per heavy atom. The summed E-state index contributed by atoms with van der Waals surface area (Å²) >= 11 is 0.859. The van der Waals surface area contributed by atoms with E-state index in [-0.39, 0.29) is 58.9 Å². The van der Waals surface area contributed by atoms with E-state index in [1.54, 1.807) is 31.2 Å². The van der Waals surface area contributed by atoms with Crippen LogP contribution in [0.25, 0.3) is 16.6 Å². The predicted octanol–water partition coefficient (Wildman–Crippen LogP) is 3.72. The number of thioether (sulfide) groups is 1. The largest absolute Gasteiger partial charge is 0.379 e. The maximum atomic E-state index is 14.7. The fourth-order valence-corrected chi connectivity index (χ4v) is 6.72. The standard InChI is InChI=1S/C27H24F2N4O5S2/c1-17-6-8-22(24(14-17)40(36,37)32-10-12-38-13-11-32)30-25(34)16-39-27-31-21-5-3-2-4-19(21)26(35)33(27)23-9-7-18(28)15-20(23)29/h2-9,14-15H,10-13,16H2,1H3,(H,30,34). The van der Waals surface area contributed by atoms with Crippen LogP contribution in [0.5, 0.6) is 0 Å². The minimum Gasteiger partial charge on any atom is -0.379 e. The van der Waals surface area contributed by atoms with E-state index in [0.717, 1.165) is 28.5 Å². The monoisotopic (exact) mass is 586 g/mol. The molecule has 1 fully saturated rings. The maximum absolute atomic E-state index is 14.7. The molecule has 1 amide bonds. The molecule has 13 heteroatoms. The van der Waals surface area contributed by atoms with Crippen LogP contribution in [0.2, 0.25) is 0 Å². The molecule has 1 N–H and O–H groups in total. The first kappa shape index (κ1) is 27.9. The highest BCUT2D eigenvalue weighted by molar-refractivity contribution is 7.99. The molecule has 0 radical (unpaired) electrons. The zero-order valence-corrected chi connectivity index (χ0v) is 22.9. The van der Waals surface area contributed by atoms with Gasteiger partial charge in [-0.1, -0.05) is 30.0 Å². The Kier molecular flexibility index (Phi) is 7.99. The fourth-order valence-electron chi connectivity index (χ4n) is 4.27. The van der Waals surface area contributed by atoms with Gasteiger partial charge in [-0.3, -0.25) is 14.2 Å². The Morgan fingerprint density at radius 2 is 1.82 bits per heavy atom. The van der Waals surface area contributed by atoms with Crippen molar-refractivity contribution in [3.63, 3.8) is 0 Å². The Morgan fingerprint density at radius 3 is 2.58 bits per heavy atom. The lowest BCUT2D eigenvalue weighted by atomic mass is 10.2. The van der Waals surface area contributed by atoms with Crippen LogP contribution in [0, 0.1) is 18.6 Å². The van der Waals surface area contributed by atoms with Gasteiger partial charge in [0.2, 0.25) is 15.9 Å². The summed E-state index contributed by atoms with van der Waals surface area (Å²) in [6.45, 7) is 2.70. The van der Waals surface area contributed by atoms with Crippen molar-refractivity contribution in [3.05, 3.63) is 88.2 Å². The van der Waals surface area contributed by atoms with E-state index in [1.165, 1.54) is 22.5 Å². The first-order valence-electron chi connectivity index (χ1n) is 12.2. The van der Waals surface area contributed by atoms with Gasteiger partial charge >= 0.3 is 0 Å². The smallest absolute Gasteiger partial charge is 0.266 e. The van der Waals surface area contributed by atoms with E-state index in [0.29, 0.717) is 17.1 Å². The van der Waals surface area contributed by atoms with Gasteiger partial charge in [0, 0.05) is 19.2 Å². The second-order valence-corrected chi connectivity index (χ2v) is 11.8. The van der Waals surface area contributed by atoms with E-state index in [4.69, 9.17) is 4.74 Å². The van der Waals surface area contributed by atoms with Gasteiger partial charge in [-0.15, -0.1) is 0 Å². The number of sulfonamides is 1. The summed E-state index contributed by atoms with van der Waals surface area (Å²) in [7, 11) is -3.91. The van der Waals surface area contributed by atoms with Gasteiger partial charge in [0.15, 0.2) is 5.16 Å². The number of amides is 1. The lowest BCUT2D eigenvalue weighted by Crippen LogP contribution is -2.41. The third-order valence-electron chi connectivity index (χ3n) is 6.23. The molecule has 5 rings (SSSR count). The van der Waals surface area contributed by atoms with Crippen LogP contribution >= 0.6 is 11.8 Å². The van der Waals surface area contributed by atoms with Gasteiger partial charge in [0.1, 0.15) is 16.5 Å². The lowest BCUT2D eigenvalue weighted by Gasteiger charge is -2.27. The number of rotatable bonds is 7. The predicted molar refractivity (Wildman–Crippen MR) is 147 cm³/mol. The minimum atomic E-state index is -3.91. The molecule has 0 bridgehead atoms. The van der Waals surface area contributed by atoms with Crippen molar-refractivity contribution in [2.45, 2.75) is 17.0 Å². The molecule has 1 aromatic heterocycles. The molecule has 1 saturated heterocycles. The molecule has 1 aliphatic heterocycles. The Labute approximate surface area is 232 Å². The van der Waals surface area contributed by atoms with Crippen LogP contribution in [0.15, 0.2) is 75.5 Å². The van der Waals surface area contributed by atoms with E-state index in [2.05, 4.69) is 10.3 Å². The number of aryl methyl sites for hydroxylation is 1. The number of halogens is 2. The summed E-state index contributed by atoms with van der Waals surface area (Å²) in [5.74, 6) is -2.63. The van der Waals surface area contributed by atoms with E-state index in [1.807, 2.05) is 0 Å². The van der Waals surface area contributed by atoms with Crippen molar-refractivity contribution in [2.75, 3.05) is 37.4 Å². The van der Waals surface area contributed by atoms with Gasteiger partial charge < -0.3 is 10.1 Å². The molecule has 9 nitrogen and oxygen atoms in total. The Bertz CT molecular complexity index is 1770. The SMILES string of the molecule is Cc1ccc(NC(=O)CSc2nc3ccccc3c(=O)n2-c2ccc(F)cc2F)c(S(=O)(=O)N2CCOCC2)c1. The number of ether oxygens (including phenoxy) is 1. The second kappa shape index (κ2) is 11.5. The number of carbonyl (C=O) groups is 1. The number of hydrogen-bond acceptors (Lipinski definition) is 7. The summed E-state index contributed by atoms with van der Waals surface area (Å²) in [4.78, 5) is 30.8. The number of hydrogen-bond donors (Lipinski definition) is 1. The van der Waals surface area contributed by atoms with Gasteiger partial charge in [-0.05, 0) is 48.9 Å². The van der Waals surface area contributed by atoms with Crippen molar-refractivity contribution in [2.24, 2.45) is 0 Å². The van der Waals surface area contributed by atoms with Gasteiger partial charge in [-0.2, -0.15) is 4.31 Å². The number of aromatic nitrogens is 2. The summed E-state index contributed by atoms with van der Waals surface area (Å²) in [6, 6.07) is 14.0. The summed E-state index contributed by atoms with van der Waals surface area (Å²) in [5.41, 5.74) is 0.342. The molecule has 3 aromatic carbocycles. The lowest BCUT2D eigenvalue weighted by molar-refractivity contribution is -0.113. The summed E-state index contributed by atoms with van der Waals surface area (Å²) < 4.78 is 62.6. The molecule has 0 atom stereocenters. The zero-order valence-electron chi connectivity index (χ0n) is 21.3. The van der Waals surface area contributed by atoms with E-state index < -0.39 is 33.1 Å². The highest BCUT2D eigenvalue weighted by Gasteiger charge is 2.29. The van der Waals surface area contributed by atoms with Crippen molar-refractivity contribution < 1.29 is 26.7 Å². The quantitative estimate of drug-likeness (QED) is 0.260. The van der Waals surface area contributed by atoms with Crippen LogP contribution in [-0.4, -0.2) is 60.2 Å². The van der Waals surface area contributed by atoms with E-state index in [9.17, 15) is 26.8 Å². The summed E-state index contributed by atoms with van der Waals surface area (Å²) in [5, 5.41) is 2.88. The Balaban J connectivity index is 1.45. The number of benzene rings is 3. The van der Waals surface area contributed by atoms with Crippen molar-refractivity contribution in [3.8, 4) is 5.69 Å². The topological polar surface area (TPSA) is 111 Å². The maximum Gasteiger partial charge on any atom is 0.266 e. The average Bonchev–Trinajstić information content (AvgIpc) is 2.94. The second-order valence-electron chi connectivity index (χ2n) is 9.00. The molecular formula is C27H24F2N4O5S2. The molecular weight excluding hydrogens is 562 g/mol. The van der Waals surface area contributed by atoms with Crippen molar-refractivity contribution in [1.82, 2.24) is 13.9 Å². The van der Waals surface area contributed by atoms with Crippen LogP contribution < -0.4 is 10.9 Å². The van der Waals surface area contributed by atoms with Crippen LogP contribution in [0.1, 0.15) is 5.56 Å². The zero-order chi connectivity index (χ0) is 28.4. The molecule has 0 saturated carbocycles. The highest BCUT2D eigenvalue weighted by atomic mass is 32.2. The first-order valence-corrected chi connectivity index (χ1v) is 14.7. The molecule has 208 valence electrons. The van der Waals surface area contributed by atoms with Crippen molar-refractivity contribution >= 4 is 44.3 Å². The number of carbonyl (C=O) groups excluding carboxylic acids is 1. The first-order chi connectivity index (χ1) is 19.1. The number of morpholine rings is 1. The third kappa shape index (κ3) is 5.63. The minimum absolute atomic E-state index is 0.00873. The van der Waals surface area contributed by atoms with Crippen molar-refractivity contribution in [1.29, 1.82) is 0 Å². The van der Waals surface area contributed by atoms with E-state index >= 15 is 0 Å². The molecule has 0 spiro atoms. The number of para-hydroxylation sites is 1. The van der Waals surface area contributed by atoms with Crippen LogP contribution in [0.3, 0.4) is 0 Å². The number of anilines is 1. The summed E-state index contributed by atoms with van der Waals surface area (Å²) in [6.07, 6.45) is 0. The van der Waals surface area contributed by atoms with Gasteiger partial charge in [0.25, 0.3) is 5.56 Å². The molecule has 4 aromatic rings. The molecule has 1 aliphatic rings. The number of nitrogens with zero attached hydrogens (tertiary/aromatic N) is 3. The molecule has 0 aliphatic carbocycles. The average molecular weight is 587 g/mol. The fraction of sp³-hybridized carbons (Fsp3) is 0.222. The van der Waals surface area contributed by atoms with Gasteiger partial charge in [0.05, 0.1) is 41.2 Å². The molecule has 2 heterocycles. The highest BCUT2D eigenvalue weighted by Crippen LogP contribution is 2.28.